The van der Waals surface area contributed by atoms with Crippen molar-refractivity contribution in [3.05, 3.63) is 35.9 Å². The second-order valence-corrected chi connectivity index (χ2v) is 5.54. The molecular weight excluding hydrogens is 278 g/mol. The summed E-state index contributed by atoms with van der Waals surface area (Å²) in [7, 11) is 0. The van der Waals surface area contributed by atoms with Gasteiger partial charge in [-0.25, -0.2) is 5.43 Å². The maximum absolute atomic E-state index is 11.7. The van der Waals surface area contributed by atoms with Gasteiger partial charge in [0.15, 0.2) is 0 Å². The monoisotopic (exact) mass is 301 g/mol. The number of hydrazone groups is 1. The average molecular weight is 301 g/mol. The zero-order chi connectivity index (χ0) is 15.6. The Morgan fingerprint density at radius 2 is 1.73 bits per heavy atom. The van der Waals surface area contributed by atoms with Crippen LogP contribution >= 0.6 is 0 Å². The van der Waals surface area contributed by atoms with E-state index in [0.717, 1.165) is 43.4 Å². The van der Waals surface area contributed by atoms with Crippen LogP contribution in [0.3, 0.4) is 0 Å². The van der Waals surface area contributed by atoms with Crippen molar-refractivity contribution in [2.75, 3.05) is 6.54 Å². The molecule has 22 heavy (non-hydrogen) atoms. The van der Waals surface area contributed by atoms with E-state index < -0.39 is 0 Å². The first-order valence-electron chi connectivity index (χ1n) is 7.89. The smallest absolute Gasteiger partial charge is 0.249 e. The van der Waals surface area contributed by atoms with E-state index in [0.29, 0.717) is 6.54 Å². The van der Waals surface area contributed by atoms with Crippen molar-refractivity contribution in [1.29, 1.82) is 0 Å². The lowest BCUT2D eigenvalue weighted by Gasteiger charge is -2.12. The van der Waals surface area contributed by atoms with E-state index >= 15 is 0 Å². The molecule has 2 rings (SSSR count). The second-order valence-electron chi connectivity index (χ2n) is 5.54. The van der Waals surface area contributed by atoms with Crippen LogP contribution in [0.5, 0.6) is 0 Å². The van der Waals surface area contributed by atoms with Crippen molar-refractivity contribution < 1.29 is 9.59 Å². The van der Waals surface area contributed by atoms with Gasteiger partial charge in [-0.05, 0) is 37.7 Å². The van der Waals surface area contributed by atoms with Crippen molar-refractivity contribution in [3.63, 3.8) is 0 Å². The van der Waals surface area contributed by atoms with Crippen LogP contribution < -0.4 is 10.7 Å². The lowest BCUT2D eigenvalue weighted by atomic mass is 9.99. The highest BCUT2D eigenvalue weighted by atomic mass is 16.2. The van der Waals surface area contributed by atoms with Crippen molar-refractivity contribution in [1.82, 2.24) is 10.7 Å². The van der Waals surface area contributed by atoms with E-state index in [1.54, 1.807) is 0 Å². The Morgan fingerprint density at radius 1 is 1.00 bits per heavy atom. The highest BCUT2D eigenvalue weighted by Crippen LogP contribution is 2.14. The Labute approximate surface area is 131 Å². The molecule has 0 heterocycles. The predicted octanol–water partition coefficient (Wildman–Crippen LogP) is 2.17. The first-order valence-corrected chi connectivity index (χ1v) is 7.89. The number of nitrogens with zero attached hydrogens (tertiary/aromatic N) is 1. The fraction of sp³-hybridized carbons (Fsp3) is 0.471. The molecular formula is C17H23N3O2. The lowest BCUT2D eigenvalue weighted by molar-refractivity contribution is -0.129. The molecule has 0 radical (unpaired) electrons. The van der Waals surface area contributed by atoms with Crippen LogP contribution in [-0.2, 0) is 16.0 Å². The third-order valence-electron chi connectivity index (χ3n) is 3.67. The SMILES string of the molecule is O=C(CC(=O)NN=C1CCCCC1)NCCc1ccccc1. The van der Waals surface area contributed by atoms with Crippen LogP contribution in [0.2, 0.25) is 0 Å². The molecule has 1 aliphatic rings. The molecule has 0 bridgehead atoms. The normalized spacial score (nSPS) is 14.3. The molecule has 1 aliphatic carbocycles. The number of nitrogens with one attached hydrogen (secondary N) is 2. The average Bonchev–Trinajstić information content (AvgIpc) is 2.55. The Bertz CT molecular complexity index is 518. The third-order valence-corrected chi connectivity index (χ3v) is 3.67. The number of rotatable bonds is 6. The molecule has 5 heteroatoms. The molecule has 0 saturated heterocycles. The minimum atomic E-state index is -0.352. The zero-order valence-electron chi connectivity index (χ0n) is 12.8. The topological polar surface area (TPSA) is 70.6 Å². The maximum Gasteiger partial charge on any atom is 0.249 e. The summed E-state index contributed by atoms with van der Waals surface area (Å²) < 4.78 is 0. The molecule has 0 atom stereocenters. The largest absolute Gasteiger partial charge is 0.355 e. The number of hydrogen-bond acceptors (Lipinski definition) is 3. The highest BCUT2D eigenvalue weighted by molar-refractivity contribution is 5.97. The zero-order valence-corrected chi connectivity index (χ0v) is 12.8. The van der Waals surface area contributed by atoms with Crippen molar-refractivity contribution in [2.24, 2.45) is 5.10 Å². The van der Waals surface area contributed by atoms with Crippen LogP contribution in [0.1, 0.15) is 44.1 Å². The summed E-state index contributed by atoms with van der Waals surface area (Å²) >= 11 is 0. The van der Waals surface area contributed by atoms with Crippen LogP contribution in [0.25, 0.3) is 0 Å². The van der Waals surface area contributed by atoms with Gasteiger partial charge in [-0.3, -0.25) is 9.59 Å². The van der Waals surface area contributed by atoms with Crippen LogP contribution in [-0.4, -0.2) is 24.1 Å². The lowest BCUT2D eigenvalue weighted by Crippen LogP contribution is -2.31. The van der Waals surface area contributed by atoms with Gasteiger partial charge < -0.3 is 5.32 Å². The number of hydrogen-bond donors (Lipinski definition) is 2. The molecule has 1 saturated carbocycles. The van der Waals surface area contributed by atoms with Gasteiger partial charge in [-0.15, -0.1) is 0 Å². The molecule has 0 unspecified atom stereocenters. The van der Waals surface area contributed by atoms with Gasteiger partial charge >= 0.3 is 0 Å². The standard InChI is InChI=1S/C17H23N3O2/c21-16(18-12-11-14-7-3-1-4-8-14)13-17(22)20-19-15-9-5-2-6-10-15/h1,3-4,7-8H,2,5-6,9-13H2,(H,18,21)(H,20,22). The second kappa shape index (κ2) is 8.97. The minimum absolute atomic E-state index is 0.175. The number of benzene rings is 1. The third kappa shape index (κ3) is 6.08. The van der Waals surface area contributed by atoms with E-state index in [4.69, 9.17) is 0 Å². The summed E-state index contributed by atoms with van der Waals surface area (Å²) in [5.41, 5.74) is 4.67. The molecule has 0 aliphatic heterocycles. The van der Waals surface area contributed by atoms with Gasteiger partial charge in [0.25, 0.3) is 0 Å². The molecule has 1 aromatic rings. The molecule has 2 amide bonds. The van der Waals surface area contributed by atoms with E-state index in [1.165, 1.54) is 6.42 Å². The molecule has 1 aromatic carbocycles. The van der Waals surface area contributed by atoms with E-state index in [-0.39, 0.29) is 18.2 Å². The predicted molar refractivity (Wildman–Crippen MR) is 86.4 cm³/mol. The quantitative estimate of drug-likeness (QED) is 0.624. The van der Waals surface area contributed by atoms with E-state index in [1.807, 2.05) is 30.3 Å². The van der Waals surface area contributed by atoms with Gasteiger partial charge in [-0.2, -0.15) is 5.10 Å². The van der Waals surface area contributed by atoms with Gasteiger partial charge in [0, 0.05) is 12.3 Å². The summed E-state index contributed by atoms with van der Waals surface area (Å²) in [5, 5.41) is 6.85. The van der Waals surface area contributed by atoms with Crippen LogP contribution in [0, 0.1) is 0 Å². The molecule has 0 aromatic heterocycles. The fourth-order valence-electron chi connectivity index (χ4n) is 2.45. The Morgan fingerprint density at radius 3 is 2.45 bits per heavy atom. The first-order chi connectivity index (χ1) is 10.7. The summed E-state index contributed by atoms with van der Waals surface area (Å²) in [4.78, 5) is 23.3. The number of carbonyl (C=O) groups excluding carboxylic acids is 2. The molecule has 5 nitrogen and oxygen atoms in total. The van der Waals surface area contributed by atoms with Gasteiger partial charge in [0.1, 0.15) is 6.42 Å². The van der Waals surface area contributed by atoms with Crippen molar-refractivity contribution in [3.8, 4) is 0 Å². The number of amides is 2. The van der Waals surface area contributed by atoms with Crippen LogP contribution in [0.15, 0.2) is 35.4 Å². The summed E-state index contributed by atoms with van der Waals surface area (Å²) in [6, 6.07) is 9.92. The highest BCUT2D eigenvalue weighted by Gasteiger charge is 2.10. The Kier molecular flexibility index (Phi) is 6.61. The summed E-state index contributed by atoms with van der Waals surface area (Å²) in [6.45, 7) is 0.532. The number of carbonyl (C=O) groups is 2. The van der Waals surface area contributed by atoms with Gasteiger partial charge in [0.05, 0.1) is 0 Å². The van der Waals surface area contributed by atoms with E-state index in [9.17, 15) is 9.59 Å². The van der Waals surface area contributed by atoms with Crippen molar-refractivity contribution in [2.45, 2.75) is 44.9 Å². The molecule has 1 fully saturated rings. The molecule has 2 N–H and O–H groups in total. The fourth-order valence-corrected chi connectivity index (χ4v) is 2.45. The van der Waals surface area contributed by atoms with Gasteiger partial charge in [0.2, 0.25) is 11.8 Å². The van der Waals surface area contributed by atoms with Crippen molar-refractivity contribution >= 4 is 17.5 Å². The van der Waals surface area contributed by atoms with Crippen LogP contribution in [0.4, 0.5) is 0 Å². The summed E-state index contributed by atoms with van der Waals surface area (Å²) in [6.07, 6.45) is 5.98. The Balaban J connectivity index is 1.62. The summed E-state index contributed by atoms with van der Waals surface area (Å²) in [5.74, 6) is -0.618. The van der Waals surface area contributed by atoms with E-state index in [2.05, 4.69) is 15.8 Å². The molecule has 118 valence electrons. The minimum Gasteiger partial charge on any atom is -0.355 e. The molecule has 0 spiro atoms. The Hall–Kier alpha value is -2.17. The first kappa shape index (κ1) is 16.2. The van der Waals surface area contributed by atoms with Gasteiger partial charge in [-0.1, -0.05) is 36.8 Å². The maximum atomic E-state index is 11.7.